The standard InChI is InChI=1S/C15H25NO/c1-4-14-7-5-8-15(11-14)17-10-6-9-16-12-13(2)3/h5,7-8,11,13,16H,4,6,9-10,12H2,1-3H3. The number of aryl methyl sites for hydroxylation is 1. The summed E-state index contributed by atoms with van der Waals surface area (Å²) >= 11 is 0. The van der Waals surface area contributed by atoms with Gasteiger partial charge in [0.1, 0.15) is 5.75 Å². The van der Waals surface area contributed by atoms with Crippen molar-refractivity contribution in [2.45, 2.75) is 33.6 Å². The van der Waals surface area contributed by atoms with Crippen molar-refractivity contribution in [2.24, 2.45) is 5.92 Å². The van der Waals surface area contributed by atoms with Gasteiger partial charge in [0.25, 0.3) is 0 Å². The lowest BCUT2D eigenvalue weighted by molar-refractivity contribution is 0.307. The molecule has 0 bridgehead atoms. The van der Waals surface area contributed by atoms with Gasteiger partial charge in [-0.3, -0.25) is 0 Å². The molecule has 0 spiro atoms. The zero-order chi connectivity index (χ0) is 12.5. The van der Waals surface area contributed by atoms with Crippen LogP contribution in [0, 0.1) is 5.92 Å². The molecule has 1 aromatic carbocycles. The fraction of sp³-hybridized carbons (Fsp3) is 0.600. The van der Waals surface area contributed by atoms with E-state index in [9.17, 15) is 0 Å². The Hall–Kier alpha value is -1.02. The number of benzene rings is 1. The third-order valence-corrected chi connectivity index (χ3v) is 2.63. The summed E-state index contributed by atoms with van der Waals surface area (Å²) in [5.74, 6) is 1.71. The lowest BCUT2D eigenvalue weighted by atomic mass is 10.2. The number of rotatable bonds is 8. The fourth-order valence-corrected chi connectivity index (χ4v) is 1.63. The molecule has 0 aliphatic heterocycles. The first kappa shape index (κ1) is 14.0. The molecule has 0 heterocycles. The molecule has 0 saturated carbocycles. The van der Waals surface area contributed by atoms with E-state index in [-0.39, 0.29) is 0 Å². The summed E-state index contributed by atoms with van der Waals surface area (Å²) in [4.78, 5) is 0. The largest absolute Gasteiger partial charge is 0.494 e. The van der Waals surface area contributed by atoms with Crippen molar-refractivity contribution in [1.82, 2.24) is 5.32 Å². The summed E-state index contributed by atoms with van der Waals surface area (Å²) in [5, 5.41) is 3.41. The van der Waals surface area contributed by atoms with Gasteiger partial charge in [-0.2, -0.15) is 0 Å². The zero-order valence-corrected chi connectivity index (χ0v) is 11.3. The highest BCUT2D eigenvalue weighted by Gasteiger charge is 1.96. The maximum atomic E-state index is 5.72. The van der Waals surface area contributed by atoms with Crippen LogP contribution in [0.5, 0.6) is 5.75 Å². The van der Waals surface area contributed by atoms with Crippen LogP contribution in [0.3, 0.4) is 0 Å². The molecule has 2 nitrogen and oxygen atoms in total. The van der Waals surface area contributed by atoms with Crippen LogP contribution in [-0.2, 0) is 6.42 Å². The Bertz CT molecular complexity index is 310. The van der Waals surface area contributed by atoms with E-state index in [2.05, 4.69) is 44.3 Å². The Morgan fingerprint density at radius 1 is 1.29 bits per heavy atom. The molecule has 2 heteroatoms. The topological polar surface area (TPSA) is 21.3 Å². The lowest BCUT2D eigenvalue weighted by Crippen LogP contribution is -2.22. The van der Waals surface area contributed by atoms with E-state index in [4.69, 9.17) is 4.74 Å². The van der Waals surface area contributed by atoms with Gasteiger partial charge in [-0.25, -0.2) is 0 Å². The van der Waals surface area contributed by atoms with Crippen molar-refractivity contribution < 1.29 is 4.74 Å². The molecule has 0 atom stereocenters. The van der Waals surface area contributed by atoms with Crippen molar-refractivity contribution >= 4 is 0 Å². The third kappa shape index (κ3) is 6.32. The molecule has 0 unspecified atom stereocenters. The summed E-state index contributed by atoms with van der Waals surface area (Å²) in [7, 11) is 0. The van der Waals surface area contributed by atoms with E-state index < -0.39 is 0 Å². The van der Waals surface area contributed by atoms with E-state index in [1.807, 2.05) is 6.07 Å². The molecule has 0 saturated heterocycles. The van der Waals surface area contributed by atoms with Gasteiger partial charge < -0.3 is 10.1 Å². The van der Waals surface area contributed by atoms with Crippen molar-refractivity contribution in [3.8, 4) is 5.75 Å². The second-order valence-corrected chi connectivity index (χ2v) is 4.80. The number of nitrogens with one attached hydrogen (secondary N) is 1. The van der Waals surface area contributed by atoms with Gasteiger partial charge in [0, 0.05) is 0 Å². The van der Waals surface area contributed by atoms with Crippen LogP contribution in [0.4, 0.5) is 0 Å². The summed E-state index contributed by atoms with van der Waals surface area (Å²) < 4.78 is 5.72. The quantitative estimate of drug-likeness (QED) is 0.698. The Balaban J connectivity index is 2.13. The maximum Gasteiger partial charge on any atom is 0.119 e. The Labute approximate surface area is 105 Å². The minimum Gasteiger partial charge on any atom is -0.494 e. The zero-order valence-electron chi connectivity index (χ0n) is 11.3. The monoisotopic (exact) mass is 235 g/mol. The molecule has 0 aromatic heterocycles. The molecule has 17 heavy (non-hydrogen) atoms. The molecular formula is C15H25NO. The highest BCUT2D eigenvalue weighted by molar-refractivity contribution is 5.28. The average Bonchev–Trinajstić information content (AvgIpc) is 2.33. The van der Waals surface area contributed by atoms with E-state index in [1.165, 1.54) is 5.56 Å². The van der Waals surface area contributed by atoms with Crippen molar-refractivity contribution in [1.29, 1.82) is 0 Å². The minimum atomic E-state index is 0.720. The summed E-state index contributed by atoms with van der Waals surface area (Å²) in [6.07, 6.45) is 2.12. The molecule has 1 N–H and O–H groups in total. The van der Waals surface area contributed by atoms with Crippen LogP contribution < -0.4 is 10.1 Å². The van der Waals surface area contributed by atoms with Crippen LogP contribution in [0.15, 0.2) is 24.3 Å². The third-order valence-electron chi connectivity index (χ3n) is 2.63. The number of hydrogen-bond acceptors (Lipinski definition) is 2. The van der Waals surface area contributed by atoms with E-state index >= 15 is 0 Å². The van der Waals surface area contributed by atoms with Gasteiger partial charge in [0.2, 0.25) is 0 Å². The fourth-order valence-electron chi connectivity index (χ4n) is 1.63. The second-order valence-electron chi connectivity index (χ2n) is 4.80. The van der Waals surface area contributed by atoms with Crippen LogP contribution in [0.1, 0.15) is 32.8 Å². The smallest absolute Gasteiger partial charge is 0.119 e. The lowest BCUT2D eigenvalue weighted by Gasteiger charge is -2.09. The number of ether oxygens (including phenoxy) is 1. The van der Waals surface area contributed by atoms with Crippen LogP contribution in [0.25, 0.3) is 0 Å². The first-order valence-corrected chi connectivity index (χ1v) is 6.64. The molecule has 0 fully saturated rings. The Morgan fingerprint density at radius 3 is 2.82 bits per heavy atom. The van der Waals surface area contributed by atoms with Gasteiger partial charge in [-0.1, -0.05) is 32.9 Å². The molecule has 96 valence electrons. The van der Waals surface area contributed by atoms with Gasteiger partial charge in [-0.15, -0.1) is 0 Å². The van der Waals surface area contributed by atoms with Crippen molar-refractivity contribution in [3.63, 3.8) is 0 Å². The first-order valence-electron chi connectivity index (χ1n) is 6.64. The second kappa shape index (κ2) is 8.13. The molecule has 0 aliphatic carbocycles. The Morgan fingerprint density at radius 2 is 2.12 bits per heavy atom. The Kier molecular flexibility index (Phi) is 6.71. The average molecular weight is 235 g/mol. The summed E-state index contributed by atoms with van der Waals surface area (Å²) in [6.45, 7) is 9.52. The van der Waals surface area contributed by atoms with Gasteiger partial charge in [0.05, 0.1) is 6.61 Å². The SMILES string of the molecule is CCc1cccc(OCCCNCC(C)C)c1. The van der Waals surface area contributed by atoms with Gasteiger partial charge in [-0.05, 0) is 49.5 Å². The van der Waals surface area contributed by atoms with Gasteiger partial charge >= 0.3 is 0 Å². The van der Waals surface area contributed by atoms with E-state index in [0.717, 1.165) is 44.2 Å². The van der Waals surface area contributed by atoms with Crippen LogP contribution >= 0.6 is 0 Å². The summed E-state index contributed by atoms with van der Waals surface area (Å²) in [5.41, 5.74) is 1.33. The predicted molar refractivity (Wildman–Crippen MR) is 73.6 cm³/mol. The van der Waals surface area contributed by atoms with Gasteiger partial charge in [0.15, 0.2) is 0 Å². The molecule has 0 aliphatic rings. The normalized spacial score (nSPS) is 10.8. The van der Waals surface area contributed by atoms with Crippen LogP contribution in [-0.4, -0.2) is 19.7 Å². The predicted octanol–water partition coefficient (Wildman–Crippen LogP) is 3.26. The van der Waals surface area contributed by atoms with Crippen molar-refractivity contribution in [2.75, 3.05) is 19.7 Å². The number of hydrogen-bond donors (Lipinski definition) is 1. The molecule has 0 amide bonds. The molecule has 1 aromatic rings. The first-order chi connectivity index (χ1) is 8.22. The van der Waals surface area contributed by atoms with E-state index in [0.29, 0.717) is 0 Å². The maximum absolute atomic E-state index is 5.72. The molecule has 1 rings (SSSR count). The highest BCUT2D eigenvalue weighted by Crippen LogP contribution is 2.13. The van der Waals surface area contributed by atoms with E-state index in [1.54, 1.807) is 0 Å². The summed E-state index contributed by atoms with van der Waals surface area (Å²) in [6, 6.07) is 8.35. The molecule has 0 radical (unpaired) electrons. The van der Waals surface area contributed by atoms with Crippen LogP contribution in [0.2, 0.25) is 0 Å². The minimum absolute atomic E-state index is 0.720. The van der Waals surface area contributed by atoms with Crippen molar-refractivity contribution in [3.05, 3.63) is 29.8 Å². The molecular weight excluding hydrogens is 210 g/mol. The highest BCUT2D eigenvalue weighted by atomic mass is 16.5.